The molecule has 2 aromatic heterocycles. The van der Waals surface area contributed by atoms with Gasteiger partial charge < -0.3 is 10.1 Å². The van der Waals surface area contributed by atoms with E-state index in [1.807, 2.05) is 49.4 Å². The molecule has 5 heteroatoms. The SMILES string of the molecule is COc1ccc(C(=O)C=Cc2ccc(C)nc2Nc2ccccc2)cn1. The van der Waals surface area contributed by atoms with Crippen LogP contribution in [0.3, 0.4) is 0 Å². The summed E-state index contributed by atoms with van der Waals surface area (Å²) in [5.74, 6) is 1.04. The molecule has 3 aromatic rings. The molecule has 0 atom stereocenters. The fourth-order valence-electron chi connectivity index (χ4n) is 2.37. The molecule has 0 saturated carbocycles. The number of ketones is 1. The maximum Gasteiger partial charge on any atom is 0.212 e. The van der Waals surface area contributed by atoms with Crippen LogP contribution in [-0.2, 0) is 0 Å². The van der Waals surface area contributed by atoms with E-state index < -0.39 is 0 Å². The Morgan fingerprint density at radius 1 is 1.08 bits per heavy atom. The molecule has 2 heterocycles. The quantitative estimate of drug-likeness (QED) is 0.529. The lowest BCUT2D eigenvalue weighted by molar-refractivity contribution is 0.104. The van der Waals surface area contributed by atoms with E-state index in [1.165, 1.54) is 19.4 Å². The van der Waals surface area contributed by atoms with Gasteiger partial charge in [-0.25, -0.2) is 9.97 Å². The summed E-state index contributed by atoms with van der Waals surface area (Å²) in [5.41, 5.74) is 3.16. The van der Waals surface area contributed by atoms with E-state index in [2.05, 4.69) is 15.3 Å². The summed E-state index contributed by atoms with van der Waals surface area (Å²) in [5, 5.41) is 3.29. The molecule has 0 amide bonds. The highest BCUT2D eigenvalue weighted by molar-refractivity contribution is 6.06. The van der Waals surface area contributed by atoms with E-state index in [-0.39, 0.29) is 5.78 Å². The van der Waals surface area contributed by atoms with Crippen molar-refractivity contribution in [2.45, 2.75) is 6.92 Å². The number of nitrogens with zero attached hydrogens (tertiary/aromatic N) is 2. The molecule has 1 N–H and O–H groups in total. The number of ether oxygens (including phenoxy) is 1. The number of aryl methyl sites for hydroxylation is 1. The van der Waals surface area contributed by atoms with Crippen molar-refractivity contribution in [2.75, 3.05) is 12.4 Å². The van der Waals surface area contributed by atoms with Crippen LogP contribution in [0.2, 0.25) is 0 Å². The first-order valence-electron chi connectivity index (χ1n) is 8.18. The van der Waals surface area contributed by atoms with Crippen molar-refractivity contribution in [1.82, 2.24) is 9.97 Å². The highest BCUT2D eigenvalue weighted by atomic mass is 16.5. The number of anilines is 2. The van der Waals surface area contributed by atoms with Crippen molar-refractivity contribution in [3.63, 3.8) is 0 Å². The fourth-order valence-corrected chi connectivity index (χ4v) is 2.37. The fraction of sp³-hybridized carbons (Fsp3) is 0.0952. The molecule has 0 fully saturated rings. The lowest BCUT2D eigenvalue weighted by Gasteiger charge is -2.09. The second-order valence-corrected chi connectivity index (χ2v) is 5.67. The van der Waals surface area contributed by atoms with Crippen molar-refractivity contribution in [3.05, 3.63) is 83.7 Å². The molecular weight excluding hydrogens is 326 g/mol. The van der Waals surface area contributed by atoms with Crippen molar-refractivity contribution in [1.29, 1.82) is 0 Å². The number of nitrogens with one attached hydrogen (secondary N) is 1. The number of rotatable bonds is 6. The molecule has 3 rings (SSSR count). The van der Waals surface area contributed by atoms with E-state index in [0.29, 0.717) is 17.3 Å². The summed E-state index contributed by atoms with van der Waals surface area (Å²) in [6.07, 6.45) is 4.78. The minimum absolute atomic E-state index is 0.133. The molecule has 0 aliphatic carbocycles. The molecule has 1 aromatic carbocycles. The maximum absolute atomic E-state index is 12.3. The van der Waals surface area contributed by atoms with Crippen molar-refractivity contribution >= 4 is 23.4 Å². The third kappa shape index (κ3) is 4.33. The number of carbonyl (C=O) groups excluding carboxylic acids is 1. The highest BCUT2D eigenvalue weighted by Crippen LogP contribution is 2.21. The molecule has 0 radical (unpaired) electrons. The van der Waals surface area contributed by atoms with Gasteiger partial charge in [0.05, 0.1) is 7.11 Å². The maximum atomic E-state index is 12.3. The molecule has 130 valence electrons. The van der Waals surface area contributed by atoms with Crippen molar-refractivity contribution in [2.24, 2.45) is 0 Å². The standard InChI is InChI=1S/C21H19N3O2/c1-15-8-9-16(21(23-15)24-18-6-4-3-5-7-18)10-12-19(25)17-11-13-20(26-2)22-14-17/h3-14H,1-2H3,(H,23,24). The minimum Gasteiger partial charge on any atom is -0.481 e. The average Bonchev–Trinajstić information content (AvgIpc) is 2.68. The van der Waals surface area contributed by atoms with Crippen molar-refractivity contribution < 1.29 is 9.53 Å². The number of carbonyl (C=O) groups is 1. The molecular formula is C21H19N3O2. The minimum atomic E-state index is -0.133. The molecule has 5 nitrogen and oxygen atoms in total. The van der Waals surface area contributed by atoms with E-state index in [9.17, 15) is 4.79 Å². The van der Waals surface area contributed by atoms with Crippen LogP contribution in [0.4, 0.5) is 11.5 Å². The normalized spacial score (nSPS) is 10.7. The van der Waals surface area contributed by atoms with Gasteiger partial charge >= 0.3 is 0 Å². The number of methoxy groups -OCH3 is 1. The second-order valence-electron chi connectivity index (χ2n) is 5.67. The third-order valence-electron chi connectivity index (χ3n) is 3.75. The van der Waals surface area contributed by atoms with E-state index in [0.717, 1.165) is 16.9 Å². The lowest BCUT2D eigenvalue weighted by Crippen LogP contribution is -1.99. The molecule has 0 spiro atoms. The van der Waals surface area contributed by atoms with Gasteiger partial charge in [-0.3, -0.25) is 4.79 Å². The van der Waals surface area contributed by atoms with Gasteiger partial charge in [0, 0.05) is 34.8 Å². The van der Waals surface area contributed by atoms with Gasteiger partial charge in [0.25, 0.3) is 0 Å². The Balaban J connectivity index is 1.82. The molecule has 0 aliphatic rings. The van der Waals surface area contributed by atoms with Crippen LogP contribution >= 0.6 is 0 Å². The first-order chi connectivity index (χ1) is 12.7. The molecule has 26 heavy (non-hydrogen) atoms. The summed E-state index contributed by atoms with van der Waals surface area (Å²) in [6.45, 7) is 1.93. The first-order valence-corrected chi connectivity index (χ1v) is 8.18. The zero-order chi connectivity index (χ0) is 18.4. The van der Waals surface area contributed by atoms with Crippen LogP contribution in [0, 0.1) is 6.92 Å². The van der Waals surface area contributed by atoms with Gasteiger partial charge in [0.15, 0.2) is 5.78 Å². The van der Waals surface area contributed by atoms with E-state index in [1.54, 1.807) is 18.2 Å². The number of aromatic nitrogens is 2. The Morgan fingerprint density at radius 3 is 2.58 bits per heavy atom. The Bertz CT molecular complexity index is 920. The summed E-state index contributed by atoms with van der Waals surface area (Å²) < 4.78 is 5.00. The molecule has 0 bridgehead atoms. The lowest BCUT2D eigenvalue weighted by atomic mass is 10.1. The van der Waals surface area contributed by atoms with Crippen LogP contribution in [0.1, 0.15) is 21.6 Å². The van der Waals surface area contributed by atoms with Crippen LogP contribution < -0.4 is 10.1 Å². The third-order valence-corrected chi connectivity index (χ3v) is 3.75. The number of hydrogen-bond donors (Lipinski definition) is 1. The van der Waals surface area contributed by atoms with Gasteiger partial charge in [0.2, 0.25) is 5.88 Å². The summed E-state index contributed by atoms with van der Waals surface area (Å²) in [4.78, 5) is 20.9. The predicted octanol–water partition coefficient (Wildman–Crippen LogP) is 4.43. The van der Waals surface area contributed by atoms with Crippen LogP contribution in [0.5, 0.6) is 5.88 Å². The van der Waals surface area contributed by atoms with E-state index >= 15 is 0 Å². The summed E-state index contributed by atoms with van der Waals surface area (Å²) in [6, 6.07) is 17.0. The summed E-state index contributed by atoms with van der Waals surface area (Å²) in [7, 11) is 1.54. The van der Waals surface area contributed by atoms with Gasteiger partial charge in [-0.2, -0.15) is 0 Å². The molecule has 0 unspecified atom stereocenters. The highest BCUT2D eigenvalue weighted by Gasteiger charge is 2.06. The van der Waals surface area contributed by atoms with Crippen molar-refractivity contribution in [3.8, 4) is 5.88 Å². The number of benzene rings is 1. The Kier molecular flexibility index (Phi) is 5.39. The zero-order valence-corrected chi connectivity index (χ0v) is 14.6. The zero-order valence-electron chi connectivity index (χ0n) is 14.6. The largest absolute Gasteiger partial charge is 0.481 e. The van der Waals surface area contributed by atoms with Gasteiger partial charge in [0.1, 0.15) is 5.82 Å². The van der Waals surface area contributed by atoms with Crippen LogP contribution in [0.15, 0.2) is 66.9 Å². The Morgan fingerprint density at radius 2 is 1.88 bits per heavy atom. The number of para-hydroxylation sites is 1. The first kappa shape index (κ1) is 17.4. The predicted molar refractivity (Wildman–Crippen MR) is 103 cm³/mol. The summed E-state index contributed by atoms with van der Waals surface area (Å²) >= 11 is 0. The molecule has 0 saturated heterocycles. The number of pyridine rings is 2. The van der Waals surface area contributed by atoms with Crippen LogP contribution in [-0.4, -0.2) is 22.9 Å². The Hall–Kier alpha value is -3.47. The second kappa shape index (κ2) is 8.07. The van der Waals surface area contributed by atoms with Crippen LogP contribution in [0.25, 0.3) is 6.08 Å². The molecule has 0 aliphatic heterocycles. The number of hydrogen-bond acceptors (Lipinski definition) is 5. The van der Waals surface area contributed by atoms with Gasteiger partial charge in [-0.1, -0.05) is 18.2 Å². The topological polar surface area (TPSA) is 64.1 Å². The average molecular weight is 345 g/mol. The number of allylic oxidation sites excluding steroid dienone is 1. The Labute approximate surface area is 152 Å². The van der Waals surface area contributed by atoms with Gasteiger partial charge in [-0.15, -0.1) is 0 Å². The van der Waals surface area contributed by atoms with E-state index in [4.69, 9.17) is 4.74 Å². The monoisotopic (exact) mass is 345 g/mol. The van der Waals surface area contributed by atoms with Gasteiger partial charge in [-0.05, 0) is 49.4 Å². The smallest absolute Gasteiger partial charge is 0.212 e.